The highest BCUT2D eigenvalue weighted by Gasteiger charge is 2.17. The van der Waals surface area contributed by atoms with Crippen molar-refractivity contribution in [3.05, 3.63) is 102 Å². The average molecular weight is 367 g/mol. The summed E-state index contributed by atoms with van der Waals surface area (Å²) in [7, 11) is 0. The lowest BCUT2D eigenvalue weighted by atomic mass is 10.2. The summed E-state index contributed by atoms with van der Waals surface area (Å²) in [6, 6.07) is 11.8. The molecular formula is C21H19F2N3O. The van der Waals surface area contributed by atoms with Crippen LogP contribution >= 0.6 is 0 Å². The molecule has 3 rings (SSSR count). The van der Waals surface area contributed by atoms with E-state index >= 15 is 0 Å². The molecule has 0 bridgehead atoms. The largest absolute Gasteiger partial charge is 0.329 e. The molecule has 1 amide bonds. The van der Waals surface area contributed by atoms with Crippen molar-refractivity contribution in [2.45, 2.75) is 13.1 Å². The summed E-state index contributed by atoms with van der Waals surface area (Å²) >= 11 is 0. The van der Waals surface area contributed by atoms with Gasteiger partial charge in [-0.1, -0.05) is 18.2 Å². The standard InChI is InChI=1S/C21H19F2N3O/c1-2-11-26(21(27)17-6-8-18(22)9-7-17)15-20-24-10-12-25(20)14-16-4-3-5-19(23)13-16/h2-10,12-13H,1,11,14-15H2. The number of carbonyl (C=O) groups is 1. The molecule has 0 saturated heterocycles. The number of aromatic nitrogens is 2. The average Bonchev–Trinajstić information content (AvgIpc) is 3.08. The van der Waals surface area contributed by atoms with E-state index in [-0.39, 0.29) is 18.3 Å². The molecule has 0 aliphatic carbocycles. The van der Waals surface area contributed by atoms with Crippen LogP contribution in [0, 0.1) is 11.6 Å². The smallest absolute Gasteiger partial charge is 0.254 e. The lowest BCUT2D eigenvalue weighted by Crippen LogP contribution is -2.32. The molecule has 6 heteroatoms. The molecule has 0 spiro atoms. The molecule has 0 unspecified atom stereocenters. The van der Waals surface area contributed by atoms with Gasteiger partial charge in [-0.15, -0.1) is 6.58 Å². The summed E-state index contributed by atoms with van der Waals surface area (Å²) in [6.45, 7) is 4.72. The van der Waals surface area contributed by atoms with Crippen molar-refractivity contribution in [1.29, 1.82) is 0 Å². The van der Waals surface area contributed by atoms with Crippen molar-refractivity contribution < 1.29 is 13.6 Å². The van der Waals surface area contributed by atoms with Crippen LogP contribution in [0.5, 0.6) is 0 Å². The highest BCUT2D eigenvalue weighted by Crippen LogP contribution is 2.13. The fraction of sp³-hybridized carbons (Fsp3) is 0.143. The molecule has 0 N–H and O–H groups in total. The molecule has 1 aromatic heterocycles. The molecule has 0 atom stereocenters. The second-order valence-electron chi connectivity index (χ2n) is 6.08. The highest BCUT2D eigenvalue weighted by molar-refractivity contribution is 5.94. The predicted molar refractivity (Wildman–Crippen MR) is 99.1 cm³/mol. The summed E-state index contributed by atoms with van der Waals surface area (Å²) in [4.78, 5) is 18.7. The minimum absolute atomic E-state index is 0.241. The third-order valence-corrected chi connectivity index (χ3v) is 4.10. The third-order valence-electron chi connectivity index (χ3n) is 4.10. The molecule has 4 nitrogen and oxygen atoms in total. The maximum atomic E-state index is 13.4. The van der Waals surface area contributed by atoms with E-state index in [9.17, 15) is 13.6 Å². The molecular weight excluding hydrogens is 348 g/mol. The lowest BCUT2D eigenvalue weighted by Gasteiger charge is -2.21. The van der Waals surface area contributed by atoms with E-state index in [4.69, 9.17) is 0 Å². The molecule has 1 heterocycles. The van der Waals surface area contributed by atoms with Gasteiger partial charge in [-0.3, -0.25) is 4.79 Å². The Hall–Kier alpha value is -3.28. The Morgan fingerprint density at radius 2 is 1.93 bits per heavy atom. The van der Waals surface area contributed by atoms with Crippen LogP contribution in [0.4, 0.5) is 8.78 Å². The van der Waals surface area contributed by atoms with Crippen LogP contribution in [0.2, 0.25) is 0 Å². The fourth-order valence-corrected chi connectivity index (χ4v) is 2.79. The van der Waals surface area contributed by atoms with Gasteiger partial charge < -0.3 is 9.47 Å². The van der Waals surface area contributed by atoms with Crippen LogP contribution in [0.25, 0.3) is 0 Å². The lowest BCUT2D eigenvalue weighted by molar-refractivity contribution is 0.0757. The Labute approximate surface area is 156 Å². The number of carbonyl (C=O) groups excluding carboxylic acids is 1. The Bertz CT molecular complexity index is 935. The van der Waals surface area contributed by atoms with Crippen molar-refractivity contribution >= 4 is 5.91 Å². The van der Waals surface area contributed by atoms with Gasteiger partial charge in [0.1, 0.15) is 17.5 Å². The van der Waals surface area contributed by atoms with Gasteiger partial charge in [-0.25, -0.2) is 13.8 Å². The molecule has 0 radical (unpaired) electrons. The third kappa shape index (κ3) is 4.67. The van der Waals surface area contributed by atoms with Gasteiger partial charge in [-0.05, 0) is 42.0 Å². The Balaban J connectivity index is 1.79. The van der Waals surface area contributed by atoms with Gasteiger partial charge in [-0.2, -0.15) is 0 Å². The topological polar surface area (TPSA) is 38.1 Å². The fourth-order valence-electron chi connectivity index (χ4n) is 2.79. The Morgan fingerprint density at radius 3 is 2.63 bits per heavy atom. The van der Waals surface area contributed by atoms with Crippen molar-refractivity contribution in [3.63, 3.8) is 0 Å². The number of benzene rings is 2. The first-order chi connectivity index (χ1) is 13.1. The minimum atomic E-state index is -0.396. The van der Waals surface area contributed by atoms with Crippen molar-refractivity contribution in [1.82, 2.24) is 14.5 Å². The van der Waals surface area contributed by atoms with Crippen LogP contribution in [0.1, 0.15) is 21.7 Å². The van der Waals surface area contributed by atoms with Crippen molar-refractivity contribution in [3.8, 4) is 0 Å². The van der Waals surface area contributed by atoms with Crippen LogP contribution in [0.3, 0.4) is 0 Å². The molecule has 0 aliphatic rings. The number of amides is 1. The normalized spacial score (nSPS) is 10.6. The maximum Gasteiger partial charge on any atom is 0.254 e. The first kappa shape index (κ1) is 18.5. The monoisotopic (exact) mass is 367 g/mol. The number of hydrogen-bond acceptors (Lipinski definition) is 2. The van der Waals surface area contributed by atoms with Gasteiger partial charge in [0.15, 0.2) is 0 Å². The summed E-state index contributed by atoms with van der Waals surface area (Å²) in [5, 5.41) is 0. The molecule has 3 aromatic rings. The first-order valence-electron chi connectivity index (χ1n) is 8.47. The van der Waals surface area contributed by atoms with E-state index in [1.54, 1.807) is 29.4 Å². The molecule has 0 fully saturated rings. The first-order valence-corrected chi connectivity index (χ1v) is 8.47. The van der Waals surface area contributed by atoms with Gasteiger partial charge in [0.05, 0.1) is 6.54 Å². The van der Waals surface area contributed by atoms with Crippen molar-refractivity contribution in [2.75, 3.05) is 6.54 Å². The molecule has 2 aromatic carbocycles. The summed E-state index contributed by atoms with van der Waals surface area (Å²) in [5.74, 6) is -0.270. The molecule has 27 heavy (non-hydrogen) atoms. The summed E-state index contributed by atoms with van der Waals surface area (Å²) < 4.78 is 28.4. The van der Waals surface area contributed by atoms with E-state index in [1.807, 2.05) is 10.6 Å². The summed E-state index contributed by atoms with van der Waals surface area (Å²) in [5.41, 5.74) is 1.19. The quantitative estimate of drug-likeness (QED) is 0.591. The Kier molecular flexibility index (Phi) is 5.76. The van der Waals surface area contributed by atoms with Gasteiger partial charge in [0.25, 0.3) is 5.91 Å². The van der Waals surface area contributed by atoms with E-state index < -0.39 is 5.82 Å². The highest BCUT2D eigenvalue weighted by atomic mass is 19.1. The number of rotatable bonds is 7. The van der Waals surface area contributed by atoms with Crippen molar-refractivity contribution in [2.24, 2.45) is 0 Å². The number of imidazole rings is 1. The summed E-state index contributed by atoms with van der Waals surface area (Å²) in [6.07, 6.45) is 5.05. The number of nitrogens with zero attached hydrogens (tertiary/aromatic N) is 3. The second-order valence-corrected chi connectivity index (χ2v) is 6.08. The maximum absolute atomic E-state index is 13.4. The molecule has 138 valence electrons. The van der Waals surface area contributed by atoms with E-state index in [0.717, 1.165) is 5.56 Å². The van der Waals surface area contributed by atoms with Gasteiger partial charge >= 0.3 is 0 Å². The van der Waals surface area contributed by atoms with Crippen LogP contribution in [-0.4, -0.2) is 26.9 Å². The number of halogens is 2. The molecule has 0 saturated carbocycles. The predicted octanol–water partition coefficient (Wildman–Crippen LogP) is 4.04. The SMILES string of the molecule is C=CCN(Cc1nccn1Cc1cccc(F)c1)C(=O)c1ccc(F)cc1. The van der Waals surface area contributed by atoms with Gasteiger partial charge in [0.2, 0.25) is 0 Å². The zero-order chi connectivity index (χ0) is 19.2. The minimum Gasteiger partial charge on any atom is -0.329 e. The van der Waals surface area contributed by atoms with Crippen LogP contribution in [0.15, 0.2) is 73.6 Å². The molecule has 0 aliphatic heterocycles. The van der Waals surface area contributed by atoms with Crippen LogP contribution in [-0.2, 0) is 13.1 Å². The number of hydrogen-bond donors (Lipinski definition) is 0. The zero-order valence-electron chi connectivity index (χ0n) is 14.7. The van der Waals surface area contributed by atoms with Gasteiger partial charge in [0, 0.05) is 31.0 Å². The van der Waals surface area contributed by atoms with E-state index in [0.29, 0.717) is 24.5 Å². The van der Waals surface area contributed by atoms with E-state index in [1.165, 1.54) is 36.4 Å². The van der Waals surface area contributed by atoms with Crippen LogP contribution < -0.4 is 0 Å². The zero-order valence-corrected chi connectivity index (χ0v) is 14.7. The van der Waals surface area contributed by atoms with E-state index in [2.05, 4.69) is 11.6 Å². The second kappa shape index (κ2) is 8.40. The Morgan fingerprint density at radius 1 is 1.15 bits per heavy atom.